The van der Waals surface area contributed by atoms with Gasteiger partial charge in [0.25, 0.3) is 5.89 Å². The SMILES string of the molecule is COc1ccc(C2Cn3nnc(-c4nc(-c5cccc(C(F)(F)F)c5)no4)c3CO2)cc1. The standard InChI is InChI=1S/C21H16F3N5O3/c1-30-15-7-5-12(6-8-15)17-10-29-16(11-31-17)18(26-28-29)20-25-19(27-32-20)13-3-2-4-14(9-13)21(22,23)24/h2-9,17H,10-11H2,1H3. The van der Waals surface area contributed by atoms with Gasteiger partial charge in [-0.25, -0.2) is 4.68 Å². The quantitative estimate of drug-likeness (QED) is 0.465. The summed E-state index contributed by atoms with van der Waals surface area (Å²) >= 11 is 0. The number of fused-ring (bicyclic) bond motifs is 1. The molecule has 0 spiro atoms. The Kier molecular flexibility index (Phi) is 4.89. The summed E-state index contributed by atoms with van der Waals surface area (Å²) in [5.74, 6) is 0.840. The lowest BCUT2D eigenvalue weighted by Crippen LogP contribution is -2.22. The Morgan fingerprint density at radius 2 is 1.94 bits per heavy atom. The summed E-state index contributed by atoms with van der Waals surface area (Å²) in [5.41, 5.74) is 1.35. The molecule has 0 aliphatic carbocycles. The fraction of sp³-hybridized carbons (Fsp3) is 0.238. The highest BCUT2D eigenvalue weighted by Gasteiger charge is 2.31. The minimum atomic E-state index is -4.47. The van der Waals surface area contributed by atoms with Gasteiger partial charge in [-0.1, -0.05) is 34.6 Å². The molecule has 1 unspecified atom stereocenters. The van der Waals surface area contributed by atoms with Crippen molar-refractivity contribution in [2.75, 3.05) is 7.11 Å². The van der Waals surface area contributed by atoms with Gasteiger partial charge in [-0.05, 0) is 29.8 Å². The zero-order valence-corrected chi connectivity index (χ0v) is 16.7. The first kappa shape index (κ1) is 20.2. The van der Waals surface area contributed by atoms with E-state index >= 15 is 0 Å². The molecule has 32 heavy (non-hydrogen) atoms. The van der Waals surface area contributed by atoms with Gasteiger partial charge in [-0.2, -0.15) is 18.2 Å². The smallest absolute Gasteiger partial charge is 0.416 e. The lowest BCUT2D eigenvalue weighted by atomic mass is 10.1. The summed E-state index contributed by atoms with van der Waals surface area (Å²) in [7, 11) is 1.60. The zero-order chi connectivity index (χ0) is 22.3. The lowest BCUT2D eigenvalue weighted by molar-refractivity contribution is -0.137. The number of benzene rings is 2. The normalized spacial score (nSPS) is 16.1. The second-order valence-electron chi connectivity index (χ2n) is 7.14. The summed E-state index contributed by atoms with van der Waals surface area (Å²) in [6.07, 6.45) is -4.68. The van der Waals surface area contributed by atoms with Crippen molar-refractivity contribution in [1.82, 2.24) is 25.1 Å². The fourth-order valence-corrected chi connectivity index (χ4v) is 3.47. The Balaban J connectivity index is 1.38. The van der Waals surface area contributed by atoms with Crippen LogP contribution in [0.3, 0.4) is 0 Å². The summed E-state index contributed by atoms with van der Waals surface area (Å²) in [4.78, 5) is 4.22. The highest BCUT2D eigenvalue weighted by atomic mass is 19.4. The van der Waals surface area contributed by atoms with E-state index in [4.69, 9.17) is 14.0 Å². The van der Waals surface area contributed by atoms with Crippen LogP contribution in [-0.4, -0.2) is 32.2 Å². The predicted molar refractivity (Wildman–Crippen MR) is 104 cm³/mol. The molecule has 0 saturated heterocycles. The zero-order valence-electron chi connectivity index (χ0n) is 16.7. The van der Waals surface area contributed by atoms with Crippen LogP contribution in [0.5, 0.6) is 5.75 Å². The van der Waals surface area contributed by atoms with Crippen LogP contribution < -0.4 is 4.74 Å². The molecule has 0 fully saturated rings. The largest absolute Gasteiger partial charge is 0.497 e. The second kappa shape index (κ2) is 7.75. The average Bonchev–Trinajstić information content (AvgIpc) is 3.45. The molecule has 2 aromatic heterocycles. The van der Waals surface area contributed by atoms with E-state index in [1.54, 1.807) is 11.8 Å². The Morgan fingerprint density at radius 3 is 2.69 bits per heavy atom. The van der Waals surface area contributed by atoms with E-state index in [-0.39, 0.29) is 30.0 Å². The molecule has 0 amide bonds. The van der Waals surface area contributed by atoms with Crippen molar-refractivity contribution in [2.45, 2.75) is 25.4 Å². The van der Waals surface area contributed by atoms with Crippen molar-refractivity contribution >= 4 is 0 Å². The molecule has 1 aliphatic rings. The lowest BCUT2D eigenvalue weighted by Gasteiger charge is -2.24. The molecule has 1 atom stereocenters. The maximum absolute atomic E-state index is 13.0. The Labute approximate surface area is 179 Å². The van der Waals surface area contributed by atoms with Gasteiger partial charge >= 0.3 is 6.18 Å². The van der Waals surface area contributed by atoms with Crippen LogP contribution in [0.2, 0.25) is 0 Å². The number of hydrogen-bond donors (Lipinski definition) is 0. The van der Waals surface area contributed by atoms with Crippen LogP contribution in [0.4, 0.5) is 13.2 Å². The fourth-order valence-electron chi connectivity index (χ4n) is 3.47. The number of methoxy groups -OCH3 is 1. The van der Waals surface area contributed by atoms with Gasteiger partial charge < -0.3 is 14.0 Å². The van der Waals surface area contributed by atoms with Gasteiger partial charge in [0.2, 0.25) is 5.82 Å². The van der Waals surface area contributed by atoms with Crippen molar-refractivity contribution in [3.8, 4) is 28.7 Å². The predicted octanol–water partition coefficient (Wildman–Crippen LogP) is 4.29. The van der Waals surface area contributed by atoms with E-state index < -0.39 is 11.7 Å². The van der Waals surface area contributed by atoms with E-state index in [1.807, 2.05) is 24.3 Å². The highest BCUT2D eigenvalue weighted by Crippen LogP contribution is 2.33. The molecule has 0 N–H and O–H groups in total. The molecule has 0 bridgehead atoms. The minimum absolute atomic E-state index is 0.0284. The third kappa shape index (κ3) is 3.71. The number of nitrogens with zero attached hydrogens (tertiary/aromatic N) is 5. The van der Waals surface area contributed by atoms with Crippen LogP contribution >= 0.6 is 0 Å². The monoisotopic (exact) mass is 443 g/mol. The molecule has 8 nitrogen and oxygen atoms in total. The molecule has 164 valence electrons. The van der Waals surface area contributed by atoms with Crippen LogP contribution in [0.15, 0.2) is 53.1 Å². The van der Waals surface area contributed by atoms with Gasteiger partial charge in [0.05, 0.1) is 31.5 Å². The highest BCUT2D eigenvalue weighted by molar-refractivity contribution is 5.59. The van der Waals surface area contributed by atoms with Crippen LogP contribution in [0, 0.1) is 0 Å². The summed E-state index contributed by atoms with van der Waals surface area (Å²) in [6, 6.07) is 12.3. The van der Waals surface area contributed by atoms with E-state index in [0.717, 1.165) is 23.4 Å². The molecule has 5 rings (SSSR count). The molecular formula is C21H16F3N5O3. The number of halogens is 3. The first-order chi connectivity index (χ1) is 15.4. The molecule has 0 radical (unpaired) electrons. The van der Waals surface area contributed by atoms with E-state index in [0.29, 0.717) is 17.9 Å². The van der Waals surface area contributed by atoms with E-state index in [2.05, 4.69) is 20.5 Å². The average molecular weight is 443 g/mol. The topological polar surface area (TPSA) is 88.1 Å². The van der Waals surface area contributed by atoms with Crippen molar-refractivity contribution in [3.05, 3.63) is 65.4 Å². The second-order valence-corrected chi connectivity index (χ2v) is 7.14. The molecular weight excluding hydrogens is 427 g/mol. The van der Waals surface area contributed by atoms with Crippen LogP contribution in [0.25, 0.3) is 23.0 Å². The number of ether oxygens (including phenoxy) is 2. The van der Waals surface area contributed by atoms with Crippen molar-refractivity contribution in [1.29, 1.82) is 0 Å². The molecule has 4 aromatic rings. The number of hydrogen-bond acceptors (Lipinski definition) is 7. The number of alkyl halides is 3. The first-order valence-corrected chi connectivity index (χ1v) is 9.62. The van der Waals surface area contributed by atoms with E-state index in [9.17, 15) is 13.2 Å². The maximum Gasteiger partial charge on any atom is 0.416 e. The first-order valence-electron chi connectivity index (χ1n) is 9.62. The van der Waals surface area contributed by atoms with Crippen LogP contribution in [0.1, 0.15) is 22.9 Å². The Hall–Kier alpha value is -3.73. The number of rotatable bonds is 4. The van der Waals surface area contributed by atoms with Gasteiger partial charge in [0.15, 0.2) is 5.69 Å². The Bertz CT molecular complexity index is 1250. The Morgan fingerprint density at radius 1 is 1.12 bits per heavy atom. The maximum atomic E-state index is 13.0. The molecule has 3 heterocycles. The third-order valence-corrected chi connectivity index (χ3v) is 5.16. The number of aromatic nitrogens is 5. The molecule has 1 aliphatic heterocycles. The van der Waals surface area contributed by atoms with Gasteiger partial charge in [0.1, 0.15) is 11.9 Å². The summed E-state index contributed by atoms with van der Waals surface area (Å²) in [5, 5.41) is 12.1. The van der Waals surface area contributed by atoms with Gasteiger partial charge in [-0.3, -0.25) is 0 Å². The van der Waals surface area contributed by atoms with Crippen molar-refractivity contribution < 1.29 is 27.2 Å². The minimum Gasteiger partial charge on any atom is -0.497 e. The summed E-state index contributed by atoms with van der Waals surface area (Å²) < 4.78 is 57.1. The van der Waals surface area contributed by atoms with Gasteiger partial charge in [0, 0.05) is 5.56 Å². The van der Waals surface area contributed by atoms with E-state index in [1.165, 1.54) is 12.1 Å². The van der Waals surface area contributed by atoms with Crippen molar-refractivity contribution in [3.63, 3.8) is 0 Å². The van der Waals surface area contributed by atoms with Crippen LogP contribution in [-0.2, 0) is 24.1 Å². The molecule has 0 saturated carbocycles. The molecule has 2 aromatic carbocycles. The van der Waals surface area contributed by atoms with Gasteiger partial charge in [-0.15, -0.1) is 5.10 Å². The van der Waals surface area contributed by atoms with Crippen molar-refractivity contribution in [2.24, 2.45) is 0 Å². The molecule has 11 heteroatoms. The summed E-state index contributed by atoms with van der Waals surface area (Å²) in [6.45, 7) is 0.642. The third-order valence-electron chi connectivity index (χ3n) is 5.16.